The van der Waals surface area contributed by atoms with Gasteiger partial charge in [-0.05, 0) is 29.8 Å². The Hall–Kier alpha value is -2.40. The van der Waals surface area contributed by atoms with Gasteiger partial charge in [0.1, 0.15) is 5.71 Å². The van der Waals surface area contributed by atoms with Crippen LogP contribution in [0.2, 0.25) is 5.02 Å². The molecule has 1 aliphatic rings. The first kappa shape index (κ1) is 12.3. The standard InChI is InChI=1S/C15H12ClN5/c16-10-5-3-9(4-6-10)12-8-13(21-20-12)15-18-11-2-1-7-17-14(11)19-15/h1-7,12,20H,8H2,(H,17,18,19). The average molecular weight is 298 g/mol. The first-order valence-corrected chi connectivity index (χ1v) is 7.06. The van der Waals surface area contributed by atoms with Crippen molar-refractivity contribution in [2.75, 3.05) is 0 Å². The van der Waals surface area contributed by atoms with Crippen LogP contribution in [0.4, 0.5) is 0 Å². The van der Waals surface area contributed by atoms with E-state index in [-0.39, 0.29) is 6.04 Å². The quantitative estimate of drug-likeness (QED) is 0.764. The van der Waals surface area contributed by atoms with Crippen LogP contribution in [0.25, 0.3) is 11.2 Å². The van der Waals surface area contributed by atoms with Gasteiger partial charge < -0.3 is 10.4 Å². The Morgan fingerprint density at radius 3 is 2.81 bits per heavy atom. The minimum absolute atomic E-state index is 0.151. The van der Waals surface area contributed by atoms with Gasteiger partial charge in [-0.3, -0.25) is 0 Å². The highest BCUT2D eigenvalue weighted by molar-refractivity contribution is 6.30. The maximum Gasteiger partial charge on any atom is 0.178 e. The van der Waals surface area contributed by atoms with Crippen LogP contribution in [0.5, 0.6) is 0 Å². The second-order valence-electron chi connectivity index (χ2n) is 4.96. The molecular formula is C15H12ClN5. The number of aromatic nitrogens is 3. The molecule has 3 heterocycles. The molecule has 0 saturated heterocycles. The van der Waals surface area contributed by atoms with Crippen LogP contribution in [0.15, 0.2) is 47.7 Å². The van der Waals surface area contributed by atoms with E-state index in [1.807, 2.05) is 36.4 Å². The van der Waals surface area contributed by atoms with Gasteiger partial charge in [-0.25, -0.2) is 9.97 Å². The summed E-state index contributed by atoms with van der Waals surface area (Å²) in [6, 6.07) is 11.8. The Kier molecular flexibility index (Phi) is 2.86. The van der Waals surface area contributed by atoms with E-state index in [1.54, 1.807) is 6.20 Å². The van der Waals surface area contributed by atoms with Crippen molar-refractivity contribution >= 4 is 28.5 Å². The van der Waals surface area contributed by atoms with Gasteiger partial charge in [-0.15, -0.1) is 0 Å². The summed E-state index contributed by atoms with van der Waals surface area (Å²) in [6.45, 7) is 0. The van der Waals surface area contributed by atoms with Crippen molar-refractivity contribution in [2.24, 2.45) is 5.10 Å². The molecule has 6 heteroatoms. The van der Waals surface area contributed by atoms with Crippen LogP contribution in [-0.2, 0) is 0 Å². The van der Waals surface area contributed by atoms with E-state index >= 15 is 0 Å². The lowest BCUT2D eigenvalue weighted by molar-refractivity contribution is 0.620. The minimum Gasteiger partial charge on any atom is -0.335 e. The zero-order chi connectivity index (χ0) is 14.2. The molecule has 1 aromatic carbocycles. The van der Waals surface area contributed by atoms with E-state index in [0.717, 1.165) is 34.1 Å². The number of pyridine rings is 1. The smallest absolute Gasteiger partial charge is 0.178 e. The van der Waals surface area contributed by atoms with E-state index < -0.39 is 0 Å². The second-order valence-corrected chi connectivity index (χ2v) is 5.39. The van der Waals surface area contributed by atoms with Crippen molar-refractivity contribution in [2.45, 2.75) is 12.5 Å². The van der Waals surface area contributed by atoms with Crippen LogP contribution in [0.1, 0.15) is 23.9 Å². The SMILES string of the molecule is Clc1ccc(C2CC(c3nc4ncccc4[nH]3)=NN2)cc1. The third-order valence-electron chi connectivity index (χ3n) is 3.56. The van der Waals surface area contributed by atoms with Gasteiger partial charge in [-0.2, -0.15) is 5.10 Å². The Bertz CT molecular complexity index is 788. The number of hydrogen-bond donors (Lipinski definition) is 2. The lowest BCUT2D eigenvalue weighted by atomic mass is 10.0. The molecule has 3 aromatic rings. The molecule has 1 unspecified atom stereocenters. The number of aromatic amines is 1. The number of H-pyrrole nitrogens is 1. The van der Waals surface area contributed by atoms with Gasteiger partial charge >= 0.3 is 0 Å². The zero-order valence-corrected chi connectivity index (χ0v) is 11.8. The molecule has 2 aromatic heterocycles. The number of benzene rings is 1. The van der Waals surface area contributed by atoms with Crippen LogP contribution >= 0.6 is 11.6 Å². The molecule has 5 nitrogen and oxygen atoms in total. The van der Waals surface area contributed by atoms with Crippen molar-refractivity contribution in [1.29, 1.82) is 0 Å². The lowest BCUT2D eigenvalue weighted by Crippen LogP contribution is -2.09. The number of hydrazone groups is 1. The molecule has 0 amide bonds. The number of nitrogens with zero attached hydrogens (tertiary/aromatic N) is 3. The molecular weight excluding hydrogens is 286 g/mol. The molecule has 104 valence electrons. The first-order valence-electron chi connectivity index (χ1n) is 6.68. The van der Waals surface area contributed by atoms with Crippen LogP contribution < -0.4 is 5.43 Å². The first-order chi connectivity index (χ1) is 10.3. The number of imidazole rings is 1. The fourth-order valence-electron chi connectivity index (χ4n) is 2.46. The van der Waals surface area contributed by atoms with Crippen LogP contribution in [0.3, 0.4) is 0 Å². The zero-order valence-electron chi connectivity index (χ0n) is 11.0. The highest BCUT2D eigenvalue weighted by Gasteiger charge is 2.23. The van der Waals surface area contributed by atoms with E-state index in [1.165, 1.54) is 0 Å². The molecule has 2 N–H and O–H groups in total. The molecule has 0 aliphatic carbocycles. The fourth-order valence-corrected chi connectivity index (χ4v) is 2.59. The third kappa shape index (κ3) is 2.25. The summed E-state index contributed by atoms with van der Waals surface area (Å²) in [6.07, 6.45) is 2.51. The van der Waals surface area contributed by atoms with Crippen molar-refractivity contribution in [1.82, 2.24) is 20.4 Å². The molecule has 0 spiro atoms. The fraction of sp³-hybridized carbons (Fsp3) is 0.133. The maximum absolute atomic E-state index is 5.92. The summed E-state index contributed by atoms with van der Waals surface area (Å²) >= 11 is 5.92. The minimum atomic E-state index is 0.151. The summed E-state index contributed by atoms with van der Waals surface area (Å²) in [7, 11) is 0. The lowest BCUT2D eigenvalue weighted by Gasteiger charge is -2.09. The Morgan fingerprint density at radius 1 is 1.14 bits per heavy atom. The van der Waals surface area contributed by atoms with E-state index in [4.69, 9.17) is 11.6 Å². The Balaban J connectivity index is 1.59. The van der Waals surface area contributed by atoms with Gasteiger partial charge in [0.25, 0.3) is 0 Å². The molecule has 1 aliphatic heterocycles. The van der Waals surface area contributed by atoms with Gasteiger partial charge in [0.2, 0.25) is 0 Å². The number of rotatable bonds is 2. The largest absolute Gasteiger partial charge is 0.335 e. The van der Waals surface area contributed by atoms with Crippen molar-refractivity contribution in [3.8, 4) is 0 Å². The van der Waals surface area contributed by atoms with Crippen molar-refractivity contribution < 1.29 is 0 Å². The van der Waals surface area contributed by atoms with Crippen LogP contribution in [-0.4, -0.2) is 20.7 Å². The number of hydrogen-bond acceptors (Lipinski definition) is 4. The van der Waals surface area contributed by atoms with Crippen LogP contribution in [0, 0.1) is 0 Å². The number of fused-ring (bicyclic) bond motifs is 1. The summed E-state index contributed by atoms with van der Waals surface area (Å²) in [5, 5.41) is 5.13. The predicted octanol–water partition coefficient (Wildman–Crippen LogP) is 3.05. The highest BCUT2D eigenvalue weighted by atomic mass is 35.5. The van der Waals surface area contributed by atoms with Gasteiger partial charge in [0.05, 0.1) is 11.6 Å². The molecule has 0 saturated carbocycles. The third-order valence-corrected chi connectivity index (χ3v) is 3.81. The van der Waals surface area contributed by atoms with Crippen molar-refractivity contribution in [3.63, 3.8) is 0 Å². The summed E-state index contributed by atoms with van der Waals surface area (Å²) < 4.78 is 0. The average Bonchev–Trinajstić information content (AvgIpc) is 3.14. The second kappa shape index (κ2) is 4.86. The molecule has 0 radical (unpaired) electrons. The molecule has 1 atom stereocenters. The topological polar surface area (TPSA) is 66.0 Å². The highest BCUT2D eigenvalue weighted by Crippen LogP contribution is 2.25. The van der Waals surface area contributed by atoms with Crippen molar-refractivity contribution in [3.05, 3.63) is 59.0 Å². The summed E-state index contributed by atoms with van der Waals surface area (Å²) in [5.74, 6) is 0.771. The molecule has 4 rings (SSSR count). The normalized spacial score (nSPS) is 17.8. The monoisotopic (exact) mass is 297 g/mol. The van der Waals surface area contributed by atoms with E-state index in [9.17, 15) is 0 Å². The molecule has 21 heavy (non-hydrogen) atoms. The Morgan fingerprint density at radius 2 is 2.00 bits per heavy atom. The summed E-state index contributed by atoms with van der Waals surface area (Å²) in [5.41, 5.74) is 6.85. The van der Waals surface area contributed by atoms with Gasteiger partial charge in [0, 0.05) is 17.6 Å². The van der Waals surface area contributed by atoms with Gasteiger partial charge in [0.15, 0.2) is 11.5 Å². The number of halogens is 1. The Labute approximate surface area is 126 Å². The summed E-state index contributed by atoms with van der Waals surface area (Å²) in [4.78, 5) is 12.0. The predicted molar refractivity (Wildman–Crippen MR) is 82.4 cm³/mol. The number of nitrogens with one attached hydrogen (secondary N) is 2. The van der Waals surface area contributed by atoms with E-state index in [0.29, 0.717) is 5.65 Å². The molecule has 0 bridgehead atoms. The van der Waals surface area contributed by atoms with E-state index in [2.05, 4.69) is 25.5 Å². The molecule has 0 fully saturated rings. The maximum atomic E-state index is 5.92. The van der Waals surface area contributed by atoms with Gasteiger partial charge in [-0.1, -0.05) is 23.7 Å².